The number of aromatic nitrogens is 4. The van der Waals surface area contributed by atoms with Gasteiger partial charge in [-0.25, -0.2) is 18.1 Å². The van der Waals surface area contributed by atoms with Gasteiger partial charge >= 0.3 is 0 Å². The molecule has 2 fully saturated rings. The Labute approximate surface area is 388 Å². The molecule has 18 heteroatoms. The van der Waals surface area contributed by atoms with Crippen LogP contribution in [0.1, 0.15) is 108 Å². The van der Waals surface area contributed by atoms with Gasteiger partial charge in [-0.15, -0.1) is 0 Å². The molecule has 1 unspecified atom stereocenters. The van der Waals surface area contributed by atoms with Gasteiger partial charge in [0.25, 0.3) is 23.6 Å². The van der Waals surface area contributed by atoms with Crippen LogP contribution in [-0.2, 0) is 22.4 Å². The highest BCUT2D eigenvalue weighted by Crippen LogP contribution is 2.39. The number of primary amides is 2. The zero-order valence-electron chi connectivity index (χ0n) is 37.3. The second-order valence-corrected chi connectivity index (χ2v) is 17.6. The molecule has 346 valence electrons. The number of carbonyl (C=O) groups is 6. The van der Waals surface area contributed by atoms with Gasteiger partial charge in [0.2, 0.25) is 11.8 Å². The van der Waals surface area contributed by atoms with Crippen molar-refractivity contribution < 1.29 is 37.5 Å². The van der Waals surface area contributed by atoms with Gasteiger partial charge in [0.05, 0.1) is 11.6 Å². The number of para-hydroxylation sites is 1. The van der Waals surface area contributed by atoms with E-state index in [1.807, 2.05) is 25.1 Å². The van der Waals surface area contributed by atoms with E-state index < -0.39 is 41.2 Å². The molecule has 10 rings (SSSR count). The lowest BCUT2D eigenvalue weighted by Crippen LogP contribution is -2.41. The number of anilines is 4. The van der Waals surface area contributed by atoms with Crippen molar-refractivity contribution in [2.45, 2.75) is 64.7 Å². The second-order valence-electron chi connectivity index (χ2n) is 17.6. The zero-order valence-corrected chi connectivity index (χ0v) is 37.3. The topological polar surface area (TPSA) is 203 Å². The van der Waals surface area contributed by atoms with Gasteiger partial charge in [0, 0.05) is 72.0 Å². The van der Waals surface area contributed by atoms with Crippen LogP contribution in [0.15, 0.2) is 78.9 Å². The van der Waals surface area contributed by atoms with Gasteiger partial charge in [-0.2, -0.15) is 10.2 Å². The van der Waals surface area contributed by atoms with E-state index in [4.69, 9.17) is 11.5 Å². The fourth-order valence-electron chi connectivity index (χ4n) is 10.2. The molecule has 4 aliphatic heterocycles. The predicted octanol–water partition coefficient (Wildman–Crippen LogP) is 5.98. The number of carbonyl (C=O) groups excluding carboxylic acids is 6. The Hall–Kier alpha value is -8.02. The number of hydrogen-bond donors (Lipinski definition) is 2. The fraction of sp³-hybridized carbons (Fsp3) is 0.280. The normalized spacial score (nSPS) is 17.4. The van der Waals surface area contributed by atoms with Crippen LogP contribution in [-0.4, -0.2) is 81.2 Å². The molecule has 6 heterocycles. The Balaban J connectivity index is 0.928. The monoisotopic (exact) mass is 920 g/mol. The van der Waals surface area contributed by atoms with Crippen molar-refractivity contribution in [3.8, 4) is 11.4 Å². The van der Waals surface area contributed by atoms with Crippen LogP contribution >= 0.6 is 0 Å². The first kappa shape index (κ1) is 43.9. The first-order valence-corrected chi connectivity index (χ1v) is 22.6. The number of nitrogens with zero attached hydrogens (tertiary/aromatic N) is 8. The molecule has 0 spiro atoms. The molecule has 4 N–H and O–H groups in total. The van der Waals surface area contributed by atoms with Crippen molar-refractivity contribution in [3.63, 3.8) is 0 Å². The number of nitrogens with two attached hydrogens (primary N) is 2. The van der Waals surface area contributed by atoms with Crippen molar-refractivity contribution in [2.24, 2.45) is 11.5 Å². The lowest BCUT2D eigenvalue weighted by molar-refractivity contribution is -0.121. The lowest BCUT2D eigenvalue weighted by Gasteiger charge is -2.34. The summed E-state index contributed by atoms with van der Waals surface area (Å²) in [7, 11) is 0. The van der Waals surface area contributed by atoms with Gasteiger partial charge in [-0.1, -0.05) is 12.1 Å². The van der Waals surface area contributed by atoms with Crippen molar-refractivity contribution >= 4 is 58.2 Å². The van der Waals surface area contributed by atoms with E-state index in [1.54, 1.807) is 45.9 Å². The molecule has 2 saturated heterocycles. The number of benzene rings is 4. The molecule has 0 aliphatic carbocycles. The van der Waals surface area contributed by atoms with Crippen molar-refractivity contribution in [1.82, 2.24) is 19.6 Å². The smallest absolute Gasteiger partial charge is 0.277 e. The Morgan fingerprint density at radius 1 is 0.574 bits per heavy atom. The number of hydrogen-bond acceptors (Lipinski definition) is 8. The molecule has 0 saturated carbocycles. The molecule has 1 atom stereocenters. The van der Waals surface area contributed by atoms with E-state index in [0.29, 0.717) is 66.1 Å². The number of amides is 6. The van der Waals surface area contributed by atoms with Gasteiger partial charge in [-0.3, -0.25) is 28.8 Å². The van der Waals surface area contributed by atoms with E-state index in [2.05, 4.69) is 10.2 Å². The lowest BCUT2D eigenvalue weighted by atomic mass is 9.88. The molecule has 16 nitrogen and oxygen atoms in total. The minimum atomic E-state index is -0.925. The minimum Gasteiger partial charge on any atom is -0.364 e. The maximum absolute atomic E-state index is 16.0. The number of halogens is 2. The summed E-state index contributed by atoms with van der Waals surface area (Å²) in [6, 6.07) is 20.6. The minimum absolute atomic E-state index is 0.0149. The number of aryl methyl sites for hydroxylation is 2. The van der Waals surface area contributed by atoms with Gasteiger partial charge < -0.3 is 31.1 Å². The molecule has 6 amide bonds. The first-order valence-electron chi connectivity index (χ1n) is 22.6. The van der Waals surface area contributed by atoms with Gasteiger partial charge in [-0.05, 0) is 130 Å². The standard InChI is InChI=1S/C50H46F2N10O6/c1-27-24-29(57-20-6-5-11-41(57)63)13-16-38(27)59-22-18-33-42(46(53)64)55-61(44(33)49(59)67)31-12-15-36(51)35(26-31)32-8-7-21-58(48(32)66)30-14-17-39(28(2)25-30)60-23-19-34-43(47(54)65)56-62(45(34)50(60)68)40-10-4-3-9-37(40)52/h3-4,9-10,12-17,24-26,32H,5-8,11,18-23H2,1-2H3,(H2,53,64)(H2,54,65). The fourth-order valence-corrected chi connectivity index (χ4v) is 10.2. The van der Waals surface area contributed by atoms with E-state index in [1.165, 1.54) is 46.0 Å². The molecular weight excluding hydrogens is 875 g/mol. The molecule has 2 aromatic heterocycles. The SMILES string of the molecule is Cc1cc(N2CCCCC2=O)ccc1N1CCc2c(C(N)=O)nn(-c3ccc(F)c(C4CCCN(c5ccc(N6CCc7c(C(N)=O)nn(-c8ccccc8F)c7C6=O)c(C)c5)C4=O)c3)c2C1=O. The third-order valence-corrected chi connectivity index (χ3v) is 13.5. The summed E-state index contributed by atoms with van der Waals surface area (Å²) in [5, 5.41) is 8.78. The zero-order chi connectivity index (χ0) is 47.7. The third kappa shape index (κ3) is 7.26. The van der Waals surface area contributed by atoms with Crippen LogP contribution in [0, 0.1) is 25.5 Å². The summed E-state index contributed by atoms with van der Waals surface area (Å²) < 4.78 is 33.5. The number of piperidine rings is 2. The van der Waals surface area contributed by atoms with Crippen LogP contribution in [0.4, 0.5) is 31.5 Å². The molecule has 0 bridgehead atoms. The number of fused-ring (bicyclic) bond motifs is 2. The van der Waals surface area contributed by atoms with Crippen LogP contribution in [0.2, 0.25) is 0 Å². The molecule has 68 heavy (non-hydrogen) atoms. The average molecular weight is 921 g/mol. The summed E-state index contributed by atoms with van der Waals surface area (Å²) in [5.41, 5.74) is 16.3. The van der Waals surface area contributed by atoms with E-state index in [-0.39, 0.29) is 77.5 Å². The maximum atomic E-state index is 16.0. The molecule has 4 aliphatic rings. The second kappa shape index (κ2) is 17.0. The predicted molar refractivity (Wildman–Crippen MR) is 248 cm³/mol. The Morgan fingerprint density at radius 3 is 1.72 bits per heavy atom. The molecular formula is C50H46F2N10O6. The van der Waals surface area contributed by atoms with E-state index in [0.717, 1.165) is 28.8 Å². The third-order valence-electron chi connectivity index (χ3n) is 13.5. The molecule has 0 radical (unpaired) electrons. The quantitative estimate of drug-likeness (QED) is 0.176. The Kier molecular flexibility index (Phi) is 11.0. The molecule has 6 aromatic rings. The Morgan fingerprint density at radius 2 is 1.13 bits per heavy atom. The summed E-state index contributed by atoms with van der Waals surface area (Å²) in [6.07, 6.45) is 3.58. The summed E-state index contributed by atoms with van der Waals surface area (Å²) >= 11 is 0. The highest BCUT2D eigenvalue weighted by atomic mass is 19.1. The summed E-state index contributed by atoms with van der Waals surface area (Å²) in [5.74, 6) is -5.13. The van der Waals surface area contributed by atoms with Crippen molar-refractivity contribution in [2.75, 3.05) is 45.8 Å². The van der Waals surface area contributed by atoms with Crippen LogP contribution in [0.25, 0.3) is 11.4 Å². The molecule has 4 aromatic carbocycles. The van der Waals surface area contributed by atoms with Crippen molar-refractivity contribution in [1.29, 1.82) is 0 Å². The number of rotatable bonds is 9. The van der Waals surface area contributed by atoms with Gasteiger partial charge in [0.15, 0.2) is 11.4 Å². The summed E-state index contributed by atoms with van der Waals surface area (Å²) in [6.45, 7) is 5.03. The van der Waals surface area contributed by atoms with Crippen LogP contribution in [0.3, 0.4) is 0 Å². The Bertz CT molecular complexity index is 3160. The van der Waals surface area contributed by atoms with Crippen LogP contribution in [0.5, 0.6) is 0 Å². The maximum Gasteiger partial charge on any atom is 0.277 e. The first-order chi connectivity index (χ1) is 32.7. The average Bonchev–Trinajstić information content (AvgIpc) is 3.92. The highest BCUT2D eigenvalue weighted by molar-refractivity contribution is 6.11. The summed E-state index contributed by atoms with van der Waals surface area (Å²) in [4.78, 5) is 87.5. The largest absolute Gasteiger partial charge is 0.364 e. The van der Waals surface area contributed by atoms with E-state index in [9.17, 15) is 28.8 Å². The van der Waals surface area contributed by atoms with Crippen LogP contribution < -0.4 is 31.1 Å². The van der Waals surface area contributed by atoms with Gasteiger partial charge in [0.1, 0.15) is 28.7 Å². The van der Waals surface area contributed by atoms with E-state index >= 15 is 8.78 Å². The van der Waals surface area contributed by atoms with Crippen molar-refractivity contribution in [3.05, 3.63) is 141 Å². The highest BCUT2D eigenvalue weighted by Gasteiger charge is 2.39.